The molecule has 31 heavy (non-hydrogen) atoms. The maximum absolute atomic E-state index is 13.3. The zero-order valence-corrected chi connectivity index (χ0v) is 18.6. The molecular weight excluding hydrogens is 392 g/mol. The second-order valence-electron chi connectivity index (χ2n) is 10.5. The highest BCUT2D eigenvalue weighted by molar-refractivity contribution is 5.92. The molecule has 1 aromatic rings. The summed E-state index contributed by atoms with van der Waals surface area (Å²) in [5.74, 6) is 0.604. The number of benzene rings is 1. The van der Waals surface area contributed by atoms with Gasteiger partial charge in [-0.2, -0.15) is 0 Å². The lowest BCUT2D eigenvalue weighted by Gasteiger charge is -2.64. The van der Waals surface area contributed by atoms with Crippen molar-refractivity contribution in [2.75, 3.05) is 13.1 Å². The van der Waals surface area contributed by atoms with Crippen molar-refractivity contribution in [3.05, 3.63) is 29.3 Å². The van der Waals surface area contributed by atoms with Gasteiger partial charge < -0.3 is 15.5 Å². The lowest BCUT2D eigenvalue weighted by molar-refractivity contribution is -0.178. The van der Waals surface area contributed by atoms with Crippen molar-refractivity contribution in [2.45, 2.75) is 81.9 Å². The molecule has 1 saturated heterocycles. The molecule has 0 spiro atoms. The monoisotopic (exact) mass is 426 g/mol. The zero-order valence-electron chi connectivity index (χ0n) is 18.6. The Bertz CT molecular complexity index is 913. The molecule has 168 valence electrons. The molecule has 6 nitrogen and oxygen atoms in total. The highest BCUT2D eigenvalue weighted by Crippen LogP contribution is 2.58. The normalized spacial score (nSPS) is 35.8. The molecule has 0 radical (unpaired) electrons. The fraction of sp³-hybridized carbons (Fsp3) is 0.680. The molecule has 1 aromatic carbocycles. The van der Waals surface area contributed by atoms with Crippen molar-refractivity contribution in [2.24, 2.45) is 11.8 Å². The minimum Gasteiger partial charge on any atom is -0.508 e. The molecule has 5 rings (SSSR count). The number of phenolic OH excluding ortho intramolecular Hbond substituents is 1. The van der Waals surface area contributed by atoms with Gasteiger partial charge in [0, 0.05) is 36.8 Å². The predicted molar refractivity (Wildman–Crippen MR) is 117 cm³/mol. The van der Waals surface area contributed by atoms with E-state index in [0.717, 1.165) is 24.2 Å². The maximum Gasteiger partial charge on any atom is 0.223 e. The van der Waals surface area contributed by atoms with E-state index < -0.39 is 17.1 Å². The average Bonchev–Trinajstić information content (AvgIpc) is 3.55. The summed E-state index contributed by atoms with van der Waals surface area (Å²) in [7, 11) is 0. The zero-order chi connectivity index (χ0) is 22.0. The van der Waals surface area contributed by atoms with Gasteiger partial charge in [-0.1, -0.05) is 19.9 Å². The number of rotatable bonds is 5. The third-order valence-electron chi connectivity index (χ3n) is 8.61. The number of carbonyl (C=O) groups excluding carboxylic acids is 2. The Hall–Kier alpha value is -1.92. The number of nitrogens with one attached hydrogen (secondary N) is 1. The molecule has 6 heteroatoms. The Morgan fingerprint density at radius 1 is 1.35 bits per heavy atom. The van der Waals surface area contributed by atoms with Crippen LogP contribution >= 0.6 is 0 Å². The van der Waals surface area contributed by atoms with Crippen LogP contribution < -0.4 is 5.32 Å². The number of hydrogen-bond acceptors (Lipinski definition) is 5. The first kappa shape index (κ1) is 21.0. The summed E-state index contributed by atoms with van der Waals surface area (Å²) in [6, 6.07) is 4.71. The lowest BCUT2D eigenvalue weighted by atomic mass is 9.48. The molecular formula is C25H34N2O4. The number of aliphatic hydroxyl groups is 1. The Balaban J connectivity index is 1.54. The number of piperidine rings is 1. The Morgan fingerprint density at radius 3 is 2.84 bits per heavy atom. The van der Waals surface area contributed by atoms with Crippen LogP contribution in [0.1, 0.15) is 63.5 Å². The molecule has 2 saturated carbocycles. The molecule has 3 aliphatic carbocycles. The molecule has 3 fully saturated rings. The maximum atomic E-state index is 13.3. The van der Waals surface area contributed by atoms with Crippen molar-refractivity contribution in [3.63, 3.8) is 0 Å². The van der Waals surface area contributed by atoms with Gasteiger partial charge in [0.05, 0.1) is 11.6 Å². The van der Waals surface area contributed by atoms with Crippen molar-refractivity contribution in [1.29, 1.82) is 0 Å². The van der Waals surface area contributed by atoms with Crippen LogP contribution in [-0.2, 0) is 21.4 Å². The van der Waals surface area contributed by atoms with E-state index in [4.69, 9.17) is 0 Å². The Labute approximate surface area is 184 Å². The Kier molecular flexibility index (Phi) is 4.94. The van der Waals surface area contributed by atoms with E-state index in [0.29, 0.717) is 25.2 Å². The second-order valence-corrected chi connectivity index (χ2v) is 10.5. The van der Waals surface area contributed by atoms with Gasteiger partial charge in [0.1, 0.15) is 5.75 Å². The number of carbonyl (C=O) groups is 2. The van der Waals surface area contributed by atoms with Gasteiger partial charge in [0.2, 0.25) is 5.91 Å². The minimum absolute atomic E-state index is 0.00749. The number of Topliss-reactive ketones (excluding diaryl/α,β-unsaturated/α-hetero) is 1. The van der Waals surface area contributed by atoms with Gasteiger partial charge in [-0.25, -0.2) is 0 Å². The lowest BCUT2D eigenvalue weighted by Crippen LogP contribution is -2.76. The van der Waals surface area contributed by atoms with Crippen LogP contribution in [0.4, 0.5) is 0 Å². The molecule has 5 atom stereocenters. The van der Waals surface area contributed by atoms with Gasteiger partial charge in [0.15, 0.2) is 5.78 Å². The molecule has 0 aromatic heterocycles. The standard InChI is InChI=1S/C25H34N2O4/c1-3-15(2)23(30)26-20-12-25(31)22-10-17-6-7-18(28)11-19(17)24(25,13-21(20)29)8-9-27(22)14-16-4-5-16/h6-7,11,15-16,20,22,28,31H,3-5,8-10,12-14H2,1-2H3,(H,26,30). The summed E-state index contributed by atoms with van der Waals surface area (Å²) in [6.07, 6.45) is 5.08. The third-order valence-corrected chi connectivity index (χ3v) is 8.61. The molecule has 4 aliphatic rings. The minimum atomic E-state index is -1.11. The van der Waals surface area contributed by atoms with Crippen molar-refractivity contribution < 1.29 is 19.8 Å². The van der Waals surface area contributed by atoms with Crippen LogP contribution in [0.15, 0.2) is 18.2 Å². The van der Waals surface area contributed by atoms with Gasteiger partial charge >= 0.3 is 0 Å². The molecule has 3 N–H and O–H groups in total. The third kappa shape index (κ3) is 3.21. The van der Waals surface area contributed by atoms with E-state index in [1.165, 1.54) is 12.8 Å². The number of likely N-dealkylation sites (tertiary alicyclic amines) is 1. The fourth-order valence-corrected chi connectivity index (χ4v) is 6.39. The number of fused-ring (bicyclic) bond motifs is 1. The predicted octanol–water partition coefficient (Wildman–Crippen LogP) is 2.30. The van der Waals surface area contributed by atoms with Gasteiger partial charge in [0.25, 0.3) is 0 Å². The van der Waals surface area contributed by atoms with Crippen LogP contribution in [0, 0.1) is 11.8 Å². The fourth-order valence-electron chi connectivity index (χ4n) is 6.39. The number of amides is 1. The first-order valence-corrected chi connectivity index (χ1v) is 11.9. The Morgan fingerprint density at radius 2 is 2.13 bits per heavy atom. The summed E-state index contributed by atoms with van der Waals surface area (Å²) in [5, 5.41) is 25.5. The summed E-state index contributed by atoms with van der Waals surface area (Å²) in [4.78, 5) is 28.3. The number of phenols is 1. The van der Waals surface area contributed by atoms with Crippen LogP contribution in [0.2, 0.25) is 0 Å². The summed E-state index contributed by atoms with van der Waals surface area (Å²) in [5.41, 5.74) is 0.251. The smallest absolute Gasteiger partial charge is 0.223 e. The van der Waals surface area contributed by atoms with E-state index in [1.54, 1.807) is 12.1 Å². The van der Waals surface area contributed by atoms with Crippen molar-refractivity contribution >= 4 is 11.7 Å². The van der Waals surface area contributed by atoms with E-state index in [2.05, 4.69) is 10.2 Å². The SMILES string of the molecule is CCC(C)C(=O)NC1CC2(O)C3Cc4ccc(O)cc4C2(CCN3CC2CC2)CC1=O. The second kappa shape index (κ2) is 7.31. The van der Waals surface area contributed by atoms with Crippen molar-refractivity contribution in [1.82, 2.24) is 10.2 Å². The van der Waals surface area contributed by atoms with Crippen LogP contribution in [0.5, 0.6) is 5.75 Å². The van der Waals surface area contributed by atoms with E-state index in [1.807, 2.05) is 19.9 Å². The van der Waals surface area contributed by atoms with Gasteiger partial charge in [-0.05, 0) is 67.8 Å². The first-order valence-electron chi connectivity index (χ1n) is 11.9. The number of hydrogen-bond donors (Lipinski definition) is 3. The quantitative estimate of drug-likeness (QED) is 0.672. The number of ketones is 1. The summed E-state index contributed by atoms with van der Waals surface area (Å²) >= 11 is 0. The van der Waals surface area contributed by atoms with Crippen LogP contribution in [-0.4, -0.2) is 57.6 Å². The van der Waals surface area contributed by atoms with Crippen molar-refractivity contribution in [3.8, 4) is 5.75 Å². The van der Waals surface area contributed by atoms with E-state index in [9.17, 15) is 19.8 Å². The number of nitrogens with zero attached hydrogens (tertiary/aromatic N) is 1. The van der Waals surface area contributed by atoms with E-state index in [-0.39, 0.29) is 42.2 Å². The van der Waals surface area contributed by atoms with Gasteiger partial charge in [-0.15, -0.1) is 0 Å². The number of aromatic hydroxyl groups is 1. The molecule has 5 unspecified atom stereocenters. The molecule has 1 heterocycles. The largest absolute Gasteiger partial charge is 0.508 e. The first-order chi connectivity index (χ1) is 14.8. The topological polar surface area (TPSA) is 89.9 Å². The van der Waals surface area contributed by atoms with Crippen LogP contribution in [0.3, 0.4) is 0 Å². The highest BCUT2D eigenvalue weighted by Gasteiger charge is 2.66. The van der Waals surface area contributed by atoms with E-state index >= 15 is 0 Å². The molecule has 1 amide bonds. The molecule has 2 bridgehead atoms. The summed E-state index contributed by atoms with van der Waals surface area (Å²) < 4.78 is 0. The average molecular weight is 427 g/mol. The van der Waals surface area contributed by atoms with Crippen LogP contribution in [0.25, 0.3) is 0 Å². The summed E-state index contributed by atoms with van der Waals surface area (Å²) in [6.45, 7) is 5.68. The highest BCUT2D eigenvalue weighted by atomic mass is 16.3. The molecule has 1 aliphatic heterocycles. The van der Waals surface area contributed by atoms with Gasteiger partial charge in [-0.3, -0.25) is 14.5 Å².